The first-order chi connectivity index (χ1) is 8.43. The Morgan fingerprint density at radius 2 is 2.06 bits per heavy atom. The number of aryl methyl sites for hydroxylation is 2. The highest BCUT2D eigenvalue weighted by atomic mass is 32.2. The van der Waals surface area contributed by atoms with Crippen LogP contribution in [0.25, 0.3) is 10.4 Å². The van der Waals surface area contributed by atoms with Crippen molar-refractivity contribution in [2.45, 2.75) is 25.2 Å². The number of thiophene rings is 1. The molecular weight excluding hydrogens is 268 g/mol. The Bertz CT molecular complexity index is 656. The fraction of sp³-hybridized carbons (Fsp3) is 0.231. The highest BCUT2D eigenvalue weighted by Crippen LogP contribution is 2.34. The highest BCUT2D eigenvalue weighted by molar-refractivity contribution is 7.86. The highest BCUT2D eigenvalue weighted by Gasteiger charge is 2.21. The van der Waals surface area contributed by atoms with Crippen molar-refractivity contribution in [1.82, 2.24) is 0 Å². The van der Waals surface area contributed by atoms with Gasteiger partial charge in [0.2, 0.25) is 0 Å². The van der Waals surface area contributed by atoms with Gasteiger partial charge in [-0.3, -0.25) is 4.55 Å². The molecule has 1 aromatic heterocycles. The lowest BCUT2D eigenvalue weighted by Crippen LogP contribution is -2.05. The molecule has 1 N–H and O–H groups in total. The van der Waals surface area contributed by atoms with Crippen LogP contribution in [0.2, 0.25) is 0 Å². The fourth-order valence-electron chi connectivity index (χ4n) is 2.03. The molecule has 1 heterocycles. The van der Waals surface area contributed by atoms with Gasteiger partial charge in [-0.1, -0.05) is 24.6 Å². The number of hydrogen-bond donors (Lipinski definition) is 1. The van der Waals surface area contributed by atoms with Gasteiger partial charge in [0.05, 0.1) is 0 Å². The molecule has 2 rings (SSSR count). The first-order valence-electron chi connectivity index (χ1n) is 5.58. The summed E-state index contributed by atoms with van der Waals surface area (Å²) in [6.45, 7) is 3.80. The Labute approximate surface area is 111 Å². The van der Waals surface area contributed by atoms with E-state index in [4.69, 9.17) is 0 Å². The van der Waals surface area contributed by atoms with E-state index in [0.29, 0.717) is 17.5 Å². The molecule has 1 aromatic carbocycles. The quantitative estimate of drug-likeness (QED) is 0.876. The molecule has 18 heavy (non-hydrogen) atoms. The Balaban J connectivity index is 2.83. The molecule has 0 saturated heterocycles. The summed E-state index contributed by atoms with van der Waals surface area (Å²) in [7, 11) is -4.21. The second-order valence-corrected chi connectivity index (χ2v) is 6.41. The van der Waals surface area contributed by atoms with Crippen molar-refractivity contribution in [3.05, 3.63) is 40.8 Å². The average molecular weight is 282 g/mol. The molecule has 2 aromatic rings. The van der Waals surface area contributed by atoms with Crippen molar-refractivity contribution >= 4 is 21.5 Å². The molecule has 0 fully saturated rings. The van der Waals surface area contributed by atoms with Crippen LogP contribution in [0.1, 0.15) is 18.1 Å². The number of rotatable bonds is 3. The van der Waals surface area contributed by atoms with E-state index in [-0.39, 0.29) is 4.90 Å². The van der Waals surface area contributed by atoms with Gasteiger partial charge in [0.25, 0.3) is 10.1 Å². The van der Waals surface area contributed by atoms with Gasteiger partial charge in [-0.15, -0.1) is 11.3 Å². The van der Waals surface area contributed by atoms with Crippen molar-refractivity contribution in [1.29, 1.82) is 0 Å². The topological polar surface area (TPSA) is 54.4 Å². The van der Waals surface area contributed by atoms with E-state index in [1.54, 1.807) is 12.1 Å². The van der Waals surface area contributed by atoms with E-state index in [2.05, 4.69) is 0 Å². The van der Waals surface area contributed by atoms with Crippen LogP contribution in [0.3, 0.4) is 0 Å². The molecule has 0 amide bonds. The molecule has 3 nitrogen and oxygen atoms in total. The molecule has 0 aliphatic carbocycles. The standard InChI is InChI=1S/C13H14O3S2/c1-3-10-7-9(2)8-11(12-5-4-6-17-12)13(10)18(14,15)16/h4-8H,3H2,1-2H3,(H,14,15,16). The van der Waals surface area contributed by atoms with Gasteiger partial charge in [-0.25, -0.2) is 0 Å². The summed E-state index contributed by atoms with van der Waals surface area (Å²) in [5, 5.41) is 1.89. The largest absolute Gasteiger partial charge is 0.295 e. The van der Waals surface area contributed by atoms with Gasteiger partial charge in [0.15, 0.2) is 0 Å². The summed E-state index contributed by atoms with van der Waals surface area (Å²) in [5.74, 6) is 0. The van der Waals surface area contributed by atoms with Crippen molar-refractivity contribution in [3.8, 4) is 10.4 Å². The van der Waals surface area contributed by atoms with Gasteiger partial charge in [-0.2, -0.15) is 8.42 Å². The van der Waals surface area contributed by atoms with Gasteiger partial charge < -0.3 is 0 Å². The zero-order chi connectivity index (χ0) is 13.3. The van der Waals surface area contributed by atoms with Crippen LogP contribution < -0.4 is 0 Å². The Kier molecular flexibility index (Phi) is 3.56. The second kappa shape index (κ2) is 4.84. The van der Waals surface area contributed by atoms with Crippen molar-refractivity contribution in [2.24, 2.45) is 0 Å². The van der Waals surface area contributed by atoms with E-state index in [0.717, 1.165) is 10.4 Å². The molecular formula is C13H14O3S2. The SMILES string of the molecule is CCc1cc(C)cc(-c2cccs2)c1S(=O)(=O)O. The Morgan fingerprint density at radius 1 is 1.33 bits per heavy atom. The number of benzene rings is 1. The minimum atomic E-state index is -4.21. The van der Waals surface area contributed by atoms with Crippen LogP contribution >= 0.6 is 11.3 Å². The van der Waals surface area contributed by atoms with Crippen LogP contribution in [-0.2, 0) is 16.5 Å². The maximum absolute atomic E-state index is 11.6. The fourth-order valence-corrected chi connectivity index (χ4v) is 3.83. The van der Waals surface area contributed by atoms with Crippen molar-refractivity contribution < 1.29 is 13.0 Å². The molecule has 0 aliphatic heterocycles. The van der Waals surface area contributed by atoms with E-state index in [1.165, 1.54) is 11.3 Å². The van der Waals surface area contributed by atoms with Crippen LogP contribution in [0.15, 0.2) is 34.5 Å². The summed E-state index contributed by atoms with van der Waals surface area (Å²) < 4.78 is 32.6. The zero-order valence-electron chi connectivity index (χ0n) is 10.2. The Morgan fingerprint density at radius 3 is 2.56 bits per heavy atom. The first kappa shape index (κ1) is 13.3. The minimum Gasteiger partial charge on any atom is -0.282 e. The monoisotopic (exact) mass is 282 g/mol. The van der Waals surface area contributed by atoms with Crippen molar-refractivity contribution in [2.75, 3.05) is 0 Å². The smallest absolute Gasteiger partial charge is 0.282 e. The predicted molar refractivity (Wildman–Crippen MR) is 73.7 cm³/mol. The normalized spacial score (nSPS) is 11.7. The maximum atomic E-state index is 11.6. The van der Waals surface area contributed by atoms with Crippen LogP contribution in [0, 0.1) is 6.92 Å². The third-order valence-electron chi connectivity index (χ3n) is 2.74. The summed E-state index contributed by atoms with van der Waals surface area (Å²) in [5.41, 5.74) is 2.23. The van der Waals surface area contributed by atoms with Gasteiger partial charge >= 0.3 is 0 Å². The third-order valence-corrected chi connectivity index (χ3v) is 4.64. The summed E-state index contributed by atoms with van der Waals surface area (Å²) in [6, 6.07) is 7.32. The number of hydrogen-bond acceptors (Lipinski definition) is 3. The molecule has 96 valence electrons. The van der Waals surface area contributed by atoms with E-state index < -0.39 is 10.1 Å². The lowest BCUT2D eigenvalue weighted by atomic mass is 10.0. The maximum Gasteiger partial charge on any atom is 0.295 e. The third kappa shape index (κ3) is 2.48. The zero-order valence-corrected chi connectivity index (χ0v) is 11.8. The molecule has 0 spiro atoms. The Hall–Kier alpha value is -1.17. The summed E-state index contributed by atoms with van der Waals surface area (Å²) >= 11 is 1.46. The van der Waals surface area contributed by atoms with Crippen molar-refractivity contribution in [3.63, 3.8) is 0 Å². The molecule has 0 radical (unpaired) electrons. The molecule has 0 aliphatic rings. The second-order valence-electron chi connectivity index (χ2n) is 4.11. The summed E-state index contributed by atoms with van der Waals surface area (Å²) in [4.78, 5) is 0.888. The van der Waals surface area contributed by atoms with Crippen LogP contribution in [0.5, 0.6) is 0 Å². The van der Waals surface area contributed by atoms with Gasteiger partial charge in [0.1, 0.15) is 4.90 Å². The molecule has 0 unspecified atom stereocenters. The van der Waals surface area contributed by atoms with Crippen LogP contribution in [0.4, 0.5) is 0 Å². The average Bonchev–Trinajstić information content (AvgIpc) is 2.79. The first-order valence-corrected chi connectivity index (χ1v) is 7.90. The predicted octanol–water partition coefficient (Wildman–Crippen LogP) is 3.53. The van der Waals surface area contributed by atoms with Gasteiger partial charge in [-0.05, 0) is 36.4 Å². The summed E-state index contributed by atoms with van der Waals surface area (Å²) in [6.07, 6.45) is 0.565. The molecule has 0 saturated carbocycles. The van der Waals surface area contributed by atoms with E-state index in [9.17, 15) is 13.0 Å². The minimum absolute atomic E-state index is 0.0399. The van der Waals surface area contributed by atoms with Gasteiger partial charge in [0, 0.05) is 10.4 Å². The molecule has 0 atom stereocenters. The van der Waals surface area contributed by atoms with Crippen LogP contribution in [-0.4, -0.2) is 13.0 Å². The van der Waals surface area contributed by atoms with E-state index >= 15 is 0 Å². The molecule has 0 bridgehead atoms. The lowest BCUT2D eigenvalue weighted by molar-refractivity contribution is 0.482. The molecule has 5 heteroatoms. The lowest BCUT2D eigenvalue weighted by Gasteiger charge is -2.12. The van der Waals surface area contributed by atoms with E-state index in [1.807, 2.05) is 31.4 Å².